The zero-order valence-electron chi connectivity index (χ0n) is 10.7. The maximum Gasteiger partial charge on any atom is 0.234 e. The smallest absolute Gasteiger partial charge is 0.234 e. The lowest BCUT2D eigenvalue weighted by molar-refractivity contribution is -0.120. The molecular weight excluding hydrogens is 228 g/mol. The highest BCUT2D eigenvalue weighted by Crippen LogP contribution is 2.17. The van der Waals surface area contributed by atoms with Gasteiger partial charge in [-0.2, -0.15) is 0 Å². The zero-order chi connectivity index (χ0) is 12.8. The van der Waals surface area contributed by atoms with Crippen molar-refractivity contribution in [1.29, 1.82) is 0 Å². The first kappa shape index (κ1) is 13.1. The first-order valence-electron chi connectivity index (χ1n) is 6.35. The molecule has 1 saturated carbocycles. The fourth-order valence-electron chi connectivity index (χ4n) is 1.78. The van der Waals surface area contributed by atoms with Crippen LogP contribution in [0.25, 0.3) is 0 Å². The summed E-state index contributed by atoms with van der Waals surface area (Å²) >= 11 is 0. The zero-order valence-corrected chi connectivity index (χ0v) is 10.7. The van der Waals surface area contributed by atoms with Gasteiger partial charge in [0.1, 0.15) is 0 Å². The van der Waals surface area contributed by atoms with Gasteiger partial charge in [0.2, 0.25) is 5.91 Å². The molecule has 4 heteroatoms. The molecule has 0 heterocycles. The molecule has 1 amide bonds. The van der Waals surface area contributed by atoms with Crippen molar-refractivity contribution < 1.29 is 9.53 Å². The molecule has 0 atom stereocenters. The summed E-state index contributed by atoms with van der Waals surface area (Å²) < 4.78 is 5.08. The van der Waals surface area contributed by atoms with Crippen LogP contribution in [0, 0.1) is 0 Å². The minimum Gasteiger partial charge on any atom is -0.380 e. The van der Waals surface area contributed by atoms with E-state index >= 15 is 0 Å². The lowest BCUT2D eigenvalue weighted by Gasteiger charge is -2.07. The molecule has 0 unspecified atom stereocenters. The second-order valence-corrected chi connectivity index (χ2v) is 4.68. The first-order chi connectivity index (χ1) is 8.78. The lowest BCUT2D eigenvalue weighted by atomic mass is 10.1. The van der Waals surface area contributed by atoms with Gasteiger partial charge in [-0.3, -0.25) is 4.79 Å². The number of carbonyl (C=O) groups excluding carboxylic acids is 1. The topological polar surface area (TPSA) is 50.4 Å². The number of amides is 1. The predicted octanol–water partition coefficient (Wildman–Crippen LogP) is 1.20. The molecule has 1 aliphatic carbocycles. The third-order valence-electron chi connectivity index (χ3n) is 2.92. The molecule has 0 aliphatic heterocycles. The Balaban J connectivity index is 1.73. The van der Waals surface area contributed by atoms with E-state index in [4.69, 9.17) is 4.74 Å². The average molecular weight is 248 g/mol. The molecule has 2 N–H and O–H groups in total. The van der Waals surface area contributed by atoms with Crippen molar-refractivity contribution in [2.45, 2.75) is 32.0 Å². The molecule has 0 saturated heterocycles. The molecule has 0 radical (unpaired) electrons. The van der Waals surface area contributed by atoms with E-state index in [0.29, 0.717) is 25.7 Å². The summed E-state index contributed by atoms with van der Waals surface area (Å²) in [6.45, 7) is 1.59. The molecule has 4 nitrogen and oxygen atoms in total. The molecule has 0 bridgehead atoms. The number of methoxy groups -OCH3 is 1. The summed E-state index contributed by atoms with van der Waals surface area (Å²) in [5.74, 6) is 0.0547. The summed E-state index contributed by atoms with van der Waals surface area (Å²) in [7, 11) is 1.68. The lowest BCUT2D eigenvalue weighted by Crippen LogP contribution is -2.34. The fourth-order valence-corrected chi connectivity index (χ4v) is 1.78. The highest BCUT2D eigenvalue weighted by Gasteiger charge is 2.20. The van der Waals surface area contributed by atoms with Gasteiger partial charge in [0.25, 0.3) is 0 Å². The van der Waals surface area contributed by atoms with E-state index in [-0.39, 0.29) is 5.91 Å². The van der Waals surface area contributed by atoms with Gasteiger partial charge >= 0.3 is 0 Å². The van der Waals surface area contributed by atoms with Crippen LogP contribution < -0.4 is 10.6 Å². The van der Waals surface area contributed by atoms with Crippen molar-refractivity contribution >= 4 is 5.91 Å². The van der Waals surface area contributed by atoms with Crippen LogP contribution in [0.3, 0.4) is 0 Å². The van der Waals surface area contributed by atoms with E-state index in [1.165, 1.54) is 12.8 Å². The molecule has 2 rings (SSSR count). The monoisotopic (exact) mass is 248 g/mol. The maximum atomic E-state index is 11.6. The number of rotatable bonds is 7. The predicted molar refractivity (Wildman–Crippen MR) is 70.0 cm³/mol. The molecule has 0 aromatic heterocycles. The van der Waals surface area contributed by atoms with Crippen molar-refractivity contribution in [1.82, 2.24) is 10.6 Å². The van der Waals surface area contributed by atoms with E-state index in [9.17, 15) is 4.79 Å². The third kappa shape index (κ3) is 4.47. The Morgan fingerprint density at radius 3 is 2.89 bits per heavy atom. The molecular formula is C14H20N2O2. The number of hydrogen-bond donors (Lipinski definition) is 2. The third-order valence-corrected chi connectivity index (χ3v) is 2.92. The van der Waals surface area contributed by atoms with Gasteiger partial charge < -0.3 is 15.4 Å². The second-order valence-electron chi connectivity index (χ2n) is 4.68. The van der Waals surface area contributed by atoms with Crippen LogP contribution in [-0.2, 0) is 22.7 Å². The Morgan fingerprint density at radius 1 is 1.39 bits per heavy atom. The van der Waals surface area contributed by atoms with Crippen molar-refractivity contribution in [3.05, 3.63) is 35.4 Å². The second kappa shape index (κ2) is 6.52. The van der Waals surface area contributed by atoms with Gasteiger partial charge in [-0.05, 0) is 24.0 Å². The average Bonchev–Trinajstić information content (AvgIpc) is 3.19. The van der Waals surface area contributed by atoms with Crippen LogP contribution in [0.4, 0.5) is 0 Å². The van der Waals surface area contributed by atoms with Crippen LogP contribution >= 0.6 is 0 Å². The molecule has 1 aromatic carbocycles. The first-order valence-corrected chi connectivity index (χ1v) is 6.35. The van der Waals surface area contributed by atoms with E-state index in [1.807, 2.05) is 18.2 Å². The molecule has 1 aliphatic rings. The number of hydrogen-bond acceptors (Lipinski definition) is 3. The summed E-state index contributed by atoms with van der Waals surface area (Å²) in [6.07, 6.45) is 2.40. The highest BCUT2D eigenvalue weighted by atomic mass is 16.5. The number of ether oxygens (including phenoxy) is 1. The maximum absolute atomic E-state index is 11.6. The van der Waals surface area contributed by atoms with Gasteiger partial charge in [-0.15, -0.1) is 0 Å². The Kier molecular flexibility index (Phi) is 4.73. The van der Waals surface area contributed by atoms with Gasteiger partial charge in [-0.25, -0.2) is 0 Å². The van der Waals surface area contributed by atoms with Gasteiger partial charge in [0.15, 0.2) is 0 Å². The number of carbonyl (C=O) groups is 1. The van der Waals surface area contributed by atoms with Gasteiger partial charge in [-0.1, -0.05) is 24.3 Å². The number of nitrogens with one attached hydrogen (secondary N) is 2. The van der Waals surface area contributed by atoms with Crippen LogP contribution in [-0.4, -0.2) is 25.6 Å². The van der Waals surface area contributed by atoms with E-state index < -0.39 is 0 Å². The van der Waals surface area contributed by atoms with Crippen LogP contribution in [0.5, 0.6) is 0 Å². The van der Waals surface area contributed by atoms with Crippen molar-refractivity contribution in [3.63, 3.8) is 0 Å². The summed E-state index contributed by atoms with van der Waals surface area (Å²) in [6, 6.07) is 8.63. The van der Waals surface area contributed by atoms with Crippen molar-refractivity contribution in [2.75, 3.05) is 13.7 Å². The molecule has 98 valence electrons. The van der Waals surface area contributed by atoms with Crippen molar-refractivity contribution in [2.24, 2.45) is 0 Å². The molecule has 18 heavy (non-hydrogen) atoms. The highest BCUT2D eigenvalue weighted by molar-refractivity contribution is 5.78. The largest absolute Gasteiger partial charge is 0.380 e. The van der Waals surface area contributed by atoms with Crippen molar-refractivity contribution in [3.8, 4) is 0 Å². The summed E-state index contributed by atoms with van der Waals surface area (Å²) in [5, 5.41) is 6.10. The van der Waals surface area contributed by atoms with Crippen LogP contribution in [0.2, 0.25) is 0 Å². The van der Waals surface area contributed by atoms with E-state index in [2.05, 4.69) is 16.7 Å². The molecule has 0 spiro atoms. The minimum atomic E-state index is 0.0547. The van der Waals surface area contributed by atoms with Gasteiger partial charge in [0, 0.05) is 19.7 Å². The molecule has 1 fully saturated rings. The Morgan fingerprint density at radius 2 is 2.17 bits per heavy atom. The Hall–Kier alpha value is -1.39. The fraction of sp³-hybridized carbons (Fsp3) is 0.500. The van der Waals surface area contributed by atoms with Gasteiger partial charge in [0.05, 0.1) is 13.2 Å². The van der Waals surface area contributed by atoms with Crippen LogP contribution in [0.15, 0.2) is 24.3 Å². The minimum absolute atomic E-state index is 0.0547. The van der Waals surface area contributed by atoms with E-state index in [1.54, 1.807) is 7.11 Å². The molecule has 1 aromatic rings. The summed E-state index contributed by atoms with van der Waals surface area (Å²) in [5.41, 5.74) is 2.23. The normalized spacial score (nSPS) is 14.5. The summed E-state index contributed by atoms with van der Waals surface area (Å²) in [4.78, 5) is 11.6. The standard InChI is InChI=1S/C14H20N2O2/c1-18-10-12-4-2-3-11(7-12)8-16-14(17)9-15-13-5-6-13/h2-4,7,13,15H,5-6,8-10H2,1H3,(H,16,17). The SMILES string of the molecule is COCc1cccc(CNC(=O)CNC2CC2)c1. The Bertz CT molecular complexity index is 403. The quantitative estimate of drug-likeness (QED) is 0.762. The van der Waals surface area contributed by atoms with E-state index in [0.717, 1.165) is 11.1 Å². The Labute approximate surface area is 108 Å². The number of benzene rings is 1. The van der Waals surface area contributed by atoms with Crippen LogP contribution in [0.1, 0.15) is 24.0 Å².